The summed E-state index contributed by atoms with van der Waals surface area (Å²) in [5, 5.41) is 6.21. The van der Waals surface area contributed by atoms with Crippen LogP contribution in [-0.2, 0) is 11.2 Å². The van der Waals surface area contributed by atoms with Crippen molar-refractivity contribution in [2.75, 3.05) is 10.6 Å². The Morgan fingerprint density at radius 2 is 1.64 bits per heavy atom. The summed E-state index contributed by atoms with van der Waals surface area (Å²) >= 11 is 0. The molecular formula is C21H21N3O. The minimum Gasteiger partial charge on any atom is -0.354 e. The van der Waals surface area contributed by atoms with E-state index in [4.69, 9.17) is 0 Å². The summed E-state index contributed by atoms with van der Waals surface area (Å²) in [6, 6.07) is 19.6. The third-order valence-electron chi connectivity index (χ3n) is 3.99. The number of hydrogen-bond acceptors (Lipinski definition) is 3. The largest absolute Gasteiger partial charge is 0.354 e. The van der Waals surface area contributed by atoms with Gasteiger partial charge in [-0.05, 0) is 42.7 Å². The van der Waals surface area contributed by atoms with Crippen molar-refractivity contribution in [2.24, 2.45) is 0 Å². The number of carbonyl (C=O) groups is 1. The third kappa shape index (κ3) is 4.44. The Morgan fingerprint density at radius 1 is 0.920 bits per heavy atom. The Morgan fingerprint density at radius 3 is 2.28 bits per heavy atom. The highest BCUT2D eigenvalue weighted by Gasteiger charge is 2.06. The zero-order chi connectivity index (χ0) is 17.6. The number of pyridine rings is 1. The van der Waals surface area contributed by atoms with Crippen LogP contribution in [0.5, 0.6) is 0 Å². The SMILES string of the molecule is Cc1cccc(C)c1Nc1ccc(NC(=O)Cc2ccccc2)nc1. The van der Waals surface area contributed by atoms with Crippen LogP contribution in [0.2, 0.25) is 0 Å². The molecule has 0 saturated heterocycles. The molecule has 126 valence electrons. The van der Waals surface area contributed by atoms with Crippen LogP contribution in [0.3, 0.4) is 0 Å². The zero-order valence-electron chi connectivity index (χ0n) is 14.4. The molecule has 2 aromatic carbocycles. The highest BCUT2D eigenvalue weighted by Crippen LogP contribution is 2.24. The van der Waals surface area contributed by atoms with E-state index in [1.165, 1.54) is 11.1 Å². The number of hydrogen-bond donors (Lipinski definition) is 2. The molecule has 2 N–H and O–H groups in total. The summed E-state index contributed by atoms with van der Waals surface area (Å²) in [5.41, 5.74) is 5.32. The number of carbonyl (C=O) groups excluding carboxylic acids is 1. The summed E-state index contributed by atoms with van der Waals surface area (Å²) in [7, 11) is 0. The zero-order valence-corrected chi connectivity index (χ0v) is 14.4. The predicted molar refractivity (Wildman–Crippen MR) is 102 cm³/mol. The van der Waals surface area contributed by atoms with Gasteiger partial charge in [-0.3, -0.25) is 4.79 Å². The number of anilines is 3. The molecule has 0 aliphatic carbocycles. The normalized spacial score (nSPS) is 10.3. The van der Waals surface area contributed by atoms with Crippen molar-refractivity contribution in [3.05, 3.63) is 83.6 Å². The van der Waals surface area contributed by atoms with E-state index in [9.17, 15) is 4.79 Å². The first-order valence-corrected chi connectivity index (χ1v) is 8.25. The van der Waals surface area contributed by atoms with E-state index in [1.54, 1.807) is 12.3 Å². The van der Waals surface area contributed by atoms with Crippen molar-refractivity contribution in [2.45, 2.75) is 20.3 Å². The van der Waals surface area contributed by atoms with Gasteiger partial charge in [0.25, 0.3) is 0 Å². The fourth-order valence-electron chi connectivity index (χ4n) is 2.67. The second-order valence-corrected chi connectivity index (χ2v) is 6.03. The Labute approximate surface area is 147 Å². The van der Waals surface area contributed by atoms with Crippen LogP contribution in [0.1, 0.15) is 16.7 Å². The van der Waals surface area contributed by atoms with Crippen LogP contribution in [0.25, 0.3) is 0 Å². The third-order valence-corrected chi connectivity index (χ3v) is 3.99. The minimum absolute atomic E-state index is 0.0749. The molecule has 0 unspecified atom stereocenters. The molecule has 1 amide bonds. The standard InChI is InChI=1S/C21H21N3O/c1-15-7-6-8-16(2)21(15)23-18-11-12-19(22-14-18)24-20(25)13-17-9-4-3-5-10-17/h3-12,14,23H,13H2,1-2H3,(H,22,24,25). The molecule has 3 aromatic rings. The van der Waals surface area contributed by atoms with Gasteiger partial charge < -0.3 is 10.6 Å². The molecule has 0 atom stereocenters. The lowest BCUT2D eigenvalue weighted by Crippen LogP contribution is -2.15. The van der Waals surface area contributed by atoms with Crippen molar-refractivity contribution in [1.82, 2.24) is 4.98 Å². The van der Waals surface area contributed by atoms with Gasteiger partial charge >= 0.3 is 0 Å². The van der Waals surface area contributed by atoms with Crippen LogP contribution in [0, 0.1) is 13.8 Å². The van der Waals surface area contributed by atoms with E-state index in [0.717, 1.165) is 16.9 Å². The molecule has 0 aliphatic rings. The van der Waals surface area contributed by atoms with Gasteiger partial charge in [0.1, 0.15) is 5.82 Å². The fraction of sp³-hybridized carbons (Fsp3) is 0.143. The first-order chi connectivity index (χ1) is 12.1. The van der Waals surface area contributed by atoms with Crippen molar-refractivity contribution in [3.8, 4) is 0 Å². The molecule has 4 heteroatoms. The molecule has 0 bridgehead atoms. The summed E-state index contributed by atoms with van der Waals surface area (Å²) in [6.45, 7) is 4.14. The molecule has 0 radical (unpaired) electrons. The van der Waals surface area contributed by atoms with Crippen molar-refractivity contribution in [1.29, 1.82) is 0 Å². The van der Waals surface area contributed by atoms with Gasteiger partial charge in [-0.15, -0.1) is 0 Å². The summed E-state index contributed by atoms with van der Waals surface area (Å²) < 4.78 is 0. The quantitative estimate of drug-likeness (QED) is 0.717. The predicted octanol–water partition coefficient (Wildman–Crippen LogP) is 4.62. The number of para-hydroxylation sites is 1. The van der Waals surface area contributed by atoms with E-state index in [2.05, 4.69) is 41.6 Å². The smallest absolute Gasteiger partial charge is 0.229 e. The number of aromatic nitrogens is 1. The maximum atomic E-state index is 12.1. The second-order valence-electron chi connectivity index (χ2n) is 6.03. The van der Waals surface area contributed by atoms with Gasteiger partial charge in [0.15, 0.2) is 0 Å². The van der Waals surface area contributed by atoms with Gasteiger partial charge in [0.05, 0.1) is 18.3 Å². The van der Waals surface area contributed by atoms with Crippen LogP contribution in [0.15, 0.2) is 66.9 Å². The number of nitrogens with zero attached hydrogens (tertiary/aromatic N) is 1. The van der Waals surface area contributed by atoms with Crippen molar-refractivity contribution < 1.29 is 4.79 Å². The van der Waals surface area contributed by atoms with Crippen LogP contribution >= 0.6 is 0 Å². The number of rotatable bonds is 5. The van der Waals surface area contributed by atoms with Crippen molar-refractivity contribution in [3.63, 3.8) is 0 Å². The number of amides is 1. The molecule has 0 saturated carbocycles. The molecule has 0 spiro atoms. The van der Waals surface area contributed by atoms with E-state index >= 15 is 0 Å². The number of aryl methyl sites for hydroxylation is 2. The van der Waals surface area contributed by atoms with Crippen LogP contribution in [-0.4, -0.2) is 10.9 Å². The first-order valence-electron chi connectivity index (χ1n) is 8.25. The maximum Gasteiger partial charge on any atom is 0.229 e. The first kappa shape index (κ1) is 16.7. The number of benzene rings is 2. The Balaban J connectivity index is 1.63. The minimum atomic E-state index is -0.0749. The average molecular weight is 331 g/mol. The second kappa shape index (κ2) is 7.62. The Bertz CT molecular complexity index is 838. The van der Waals surface area contributed by atoms with Gasteiger partial charge in [-0.2, -0.15) is 0 Å². The molecule has 1 heterocycles. The van der Waals surface area contributed by atoms with E-state index in [1.807, 2.05) is 42.5 Å². The molecule has 4 nitrogen and oxygen atoms in total. The molecule has 3 rings (SSSR count). The van der Waals surface area contributed by atoms with E-state index < -0.39 is 0 Å². The lowest BCUT2D eigenvalue weighted by molar-refractivity contribution is -0.115. The van der Waals surface area contributed by atoms with Gasteiger partial charge in [0, 0.05) is 5.69 Å². The monoisotopic (exact) mass is 331 g/mol. The molecule has 1 aromatic heterocycles. The topological polar surface area (TPSA) is 54.0 Å². The van der Waals surface area contributed by atoms with E-state index in [-0.39, 0.29) is 5.91 Å². The molecular weight excluding hydrogens is 310 g/mol. The highest BCUT2D eigenvalue weighted by atomic mass is 16.1. The summed E-state index contributed by atoms with van der Waals surface area (Å²) in [6.07, 6.45) is 2.06. The van der Waals surface area contributed by atoms with E-state index in [0.29, 0.717) is 12.2 Å². The maximum absolute atomic E-state index is 12.1. The fourth-order valence-corrected chi connectivity index (χ4v) is 2.67. The Hall–Kier alpha value is -3.14. The highest BCUT2D eigenvalue weighted by molar-refractivity contribution is 5.91. The van der Waals surface area contributed by atoms with Gasteiger partial charge in [-0.25, -0.2) is 4.98 Å². The molecule has 0 aliphatic heterocycles. The number of nitrogens with one attached hydrogen (secondary N) is 2. The van der Waals surface area contributed by atoms with Gasteiger partial charge in [0.2, 0.25) is 5.91 Å². The Kier molecular flexibility index (Phi) is 5.09. The molecule has 0 fully saturated rings. The average Bonchev–Trinajstić information content (AvgIpc) is 2.60. The lowest BCUT2D eigenvalue weighted by Gasteiger charge is -2.12. The summed E-state index contributed by atoms with van der Waals surface area (Å²) in [5.74, 6) is 0.474. The van der Waals surface area contributed by atoms with Gasteiger partial charge in [-0.1, -0.05) is 48.5 Å². The van der Waals surface area contributed by atoms with Crippen LogP contribution in [0.4, 0.5) is 17.2 Å². The summed E-state index contributed by atoms with van der Waals surface area (Å²) in [4.78, 5) is 16.4. The van der Waals surface area contributed by atoms with Crippen molar-refractivity contribution >= 4 is 23.1 Å². The molecule has 25 heavy (non-hydrogen) atoms. The van der Waals surface area contributed by atoms with Crippen LogP contribution < -0.4 is 10.6 Å². The lowest BCUT2D eigenvalue weighted by atomic mass is 10.1.